The van der Waals surface area contributed by atoms with Crippen molar-refractivity contribution in [1.82, 2.24) is 0 Å². The Labute approximate surface area is 216 Å². The van der Waals surface area contributed by atoms with Crippen molar-refractivity contribution in [3.05, 3.63) is 0 Å². The van der Waals surface area contributed by atoms with E-state index in [0.29, 0.717) is 19.1 Å². The third kappa shape index (κ3) is 10.9. The first kappa shape index (κ1) is 31.9. The molecule has 0 aromatic rings. The number of ether oxygens (including phenoxy) is 3. The number of hydrogen-bond acceptors (Lipinski definition) is 7. The van der Waals surface area contributed by atoms with Crippen LogP contribution in [-0.2, 0) is 33.4 Å². The molecule has 2 atom stereocenters. The van der Waals surface area contributed by atoms with Gasteiger partial charge >= 0.3 is 23.9 Å². The molecule has 0 amide bonds. The molecule has 0 aromatic carbocycles. The highest BCUT2D eigenvalue weighted by Crippen LogP contribution is 2.35. The van der Waals surface area contributed by atoms with Crippen molar-refractivity contribution in [2.75, 3.05) is 13.2 Å². The van der Waals surface area contributed by atoms with Gasteiger partial charge in [0.2, 0.25) is 0 Å². The molecule has 0 spiro atoms. The van der Waals surface area contributed by atoms with E-state index in [4.69, 9.17) is 19.3 Å². The van der Waals surface area contributed by atoms with Gasteiger partial charge in [-0.3, -0.25) is 19.2 Å². The zero-order chi connectivity index (χ0) is 27.5. The molecule has 0 heterocycles. The minimum absolute atomic E-state index is 0.0111. The molecule has 2 saturated carbocycles. The normalized spacial score (nSPS) is 25.9. The zero-order valence-electron chi connectivity index (χ0n) is 23.3. The lowest BCUT2D eigenvalue weighted by atomic mass is 9.76. The van der Waals surface area contributed by atoms with E-state index in [1.165, 1.54) is 0 Å². The van der Waals surface area contributed by atoms with Gasteiger partial charge < -0.3 is 19.3 Å². The van der Waals surface area contributed by atoms with Gasteiger partial charge in [0.05, 0.1) is 36.9 Å². The standard InChI is InChI=1S/C16H28O4.C12H20O4/c1-6-19-15(18)13-9-7-12(8-10-13)11(2)14(17)20-16(3,4)5;1-3-16-12(15)10-6-4-9(5-7-10)8(2)11(13)14/h11-13H,6-10H2,1-5H3;8-10H,3-7H2,1-2H3,(H,13,14). The highest BCUT2D eigenvalue weighted by molar-refractivity contribution is 5.74. The summed E-state index contributed by atoms with van der Waals surface area (Å²) in [6.45, 7) is 13.8. The second-order valence-corrected chi connectivity index (χ2v) is 11.2. The molecule has 8 heteroatoms. The molecular formula is C28H48O8. The lowest BCUT2D eigenvalue weighted by molar-refractivity contribution is -0.162. The Bertz CT molecular complexity index is 710. The molecule has 0 aliphatic heterocycles. The predicted octanol–water partition coefficient (Wildman–Crippen LogP) is 5.41. The van der Waals surface area contributed by atoms with Gasteiger partial charge in [-0.1, -0.05) is 13.8 Å². The molecule has 0 radical (unpaired) electrons. The largest absolute Gasteiger partial charge is 0.481 e. The molecule has 2 aliphatic rings. The summed E-state index contributed by atoms with van der Waals surface area (Å²) in [6.07, 6.45) is 6.58. The van der Waals surface area contributed by atoms with Crippen LogP contribution in [0.1, 0.15) is 99.8 Å². The maximum absolute atomic E-state index is 12.1. The second kappa shape index (κ2) is 15.2. The Balaban J connectivity index is 0.000000369. The average Bonchev–Trinajstić information content (AvgIpc) is 2.83. The van der Waals surface area contributed by atoms with Gasteiger partial charge in [0.15, 0.2) is 0 Å². The minimum atomic E-state index is -0.736. The number of carbonyl (C=O) groups excluding carboxylic acids is 3. The molecule has 2 rings (SSSR count). The van der Waals surface area contributed by atoms with Crippen LogP contribution >= 0.6 is 0 Å². The first-order valence-electron chi connectivity index (χ1n) is 13.6. The van der Waals surface area contributed by atoms with E-state index < -0.39 is 11.6 Å². The summed E-state index contributed by atoms with van der Waals surface area (Å²) >= 11 is 0. The van der Waals surface area contributed by atoms with Crippen LogP contribution in [0.5, 0.6) is 0 Å². The van der Waals surface area contributed by atoms with Crippen molar-refractivity contribution in [2.24, 2.45) is 35.5 Å². The number of carboxylic acids is 1. The maximum atomic E-state index is 12.1. The first-order chi connectivity index (χ1) is 16.8. The van der Waals surface area contributed by atoms with Crippen molar-refractivity contribution in [3.63, 3.8) is 0 Å². The van der Waals surface area contributed by atoms with Gasteiger partial charge in [-0.25, -0.2) is 0 Å². The van der Waals surface area contributed by atoms with Gasteiger partial charge in [-0.2, -0.15) is 0 Å². The topological polar surface area (TPSA) is 116 Å². The molecule has 0 bridgehead atoms. The minimum Gasteiger partial charge on any atom is -0.481 e. The molecule has 2 unspecified atom stereocenters. The van der Waals surface area contributed by atoms with Crippen LogP contribution in [0.2, 0.25) is 0 Å². The number of carboxylic acid groups (broad SMARTS) is 1. The summed E-state index contributed by atoms with van der Waals surface area (Å²) in [5.74, 6) is -0.954. The summed E-state index contributed by atoms with van der Waals surface area (Å²) in [5, 5.41) is 8.90. The number of hydrogen-bond donors (Lipinski definition) is 1. The van der Waals surface area contributed by atoms with E-state index in [2.05, 4.69) is 0 Å². The third-order valence-electron chi connectivity index (χ3n) is 7.37. The number of aliphatic carboxylic acids is 1. The summed E-state index contributed by atoms with van der Waals surface area (Å²) in [6, 6.07) is 0. The fourth-order valence-electron chi connectivity index (χ4n) is 5.02. The Morgan fingerprint density at radius 1 is 0.722 bits per heavy atom. The van der Waals surface area contributed by atoms with Crippen LogP contribution in [-0.4, -0.2) is 47.8 Å². The summed E-state index contributed by atoms with van der Waals surface area (Å²) in [4.78, 5) is 46.0. The van der Waals surface area contributed by atoms with Crippen molar-refractivity contribution in [1.29, 1.82) is 0 Å². The SMILES string of the molecule is CCOC(=O)C1CCC(C(C)C(=O)O)CC1.CCOC(=O)C1CCC(C(C)C(=O)OC(C)(C)C)CC1. The van der Waals surface area contributed by atoms with Gasteiger partial charge in [0.25, 0.3) is 0 Å². The molecule has 2 aliphatic carbocycles. The van der Waals surface area contributed by atoms with Crippen molar-refractivity contribution in [3.8, 4) is 0 Å². The summed E-state index contributed by atoms with van der Waals surface area (Å²) < 4.78 is 15.5. The molecular weight excluding hydrogens is 464 g/mol. The van der Waals surface area contributed by atoms with E-state index in [0.717, 1.165) is 51.4 Å². The highest BCUT2D eigenvalue weighted by Gasteiger charge is 2.34. The second-order valence-electron chi connectivity index (χ2n) is 11.2. The Kier molecular flexibility index (Phi) is 13.5. The lowest BCUT2D eigenvalue weighted by Gasteiger charge is -2.31. The first-order valence-corrected chi connectivity index (χ1v) is 13.6. The van der Waals surface area contributed by atoms with Crippen LogP contribution in [0.25, 0.3) is 0 Å². The Morgan fingerprint density at radius 2 is 1.08 bits per heavy atom. The van der Waals surface area contributed by atoms with Crippen LogP contribution < -0.4 is 0 Å². The zero-order valence-corrected chi connectivity index (χ0v) is 23.3. The fourth-order valence-corrected chi connectivity index (χ4v) is 5.02. The smallest absolute Gasteiger partial charge is 0.309 e. The van der Waals surface area contributed by atoms with E-state index in [1.54, 1.807) is 13.8 Å². The maximum Gasteiger partial charge on any atom is 0.309 e. The molecule has 2 fully saturated rings. The molecule has 8 nitrogen and oxygen atoms in total. The van der Waals surface area contributed by atoms with Crippen LogP contribution in [0.15, 0.2) is 0 Å². The van der Waals surface area contributed by atoms with Gasteiger partial charge in [0, 0.05) is 0 Å². The van der Waals surface area contributed by atoms with Crippen molar-refractivity contribution >= 4 is 23.9 Å². The summed E-state index contributed by atoms with van der Waals surface area (Å²) in [5.41, 5.74) is -0.437. The van der Waals surface area contributed by atoms with Gasteiger partial charge in [-0.05, 0) is 97.8 Å². The fraction of sp³-hybridized carbons (Fsp3) is 0.857. The Morgan fingerprint density at radius 3 is 1.39 bits per heavy atom. The quantitative estimate of drug-likeness (QED) is 0.339. The van der Waals surface area contributed by atoms with Crippen molar-refractivity contribution < 1.29 is 38.5 Å². The molecule has 0 aromatic heterocycles. The Hall–Kier alpha value is -2.12. The third-order valence-corrected chi connectivity index (χ3v) is 7.37. The average molecular weight is 513 g/mol. The highest BCUT2D eigenvalue weighted by atomic mass is 16.6. The summed E-state index contributed by atoms with van der Waals surface area (Å²) in [7, 11) is 0. The number of esters is 3. The molecule has 1 N–H and O–H groups in total. The van der Waals surface area contributed by atoms with Crippen molar-refractivity contribution in [2.45, 2.75) is 105 Å². The predicted molar refractivity (Wildman–Crippen MR) is 136 cm³/mol. The van der Waals surface area contributed by atoms with E-state index in [9.17, 15) is 19.2 Å². The lowest BCUT2D eigenvalue weighted by Crippen LogP contribution is -2.33. The van der Waals surface area contributed by atoms with Crippen LogP contribution in [0, 0.1) is 35.5 Å². The van der Waals surface area contributed by atoms with E-state index >= 15 is 0 Å². The number of carbonyl (C=O) groups is 4. The van der Waals surface area contributed by atoms with Gasteiger partial charge in [0.1, 0.15) is 5.60 Å². The monoisotopic (exact) mass is 512 g/mol. The molecule has 36 heavy (non-hydrogen) atoms. The molecule has 0 saturated heterocycles. The van der Waals surface area contributed by atoms with Crippen LogP contribution in [0.3, 0.4) is 0 Å². The van der Waals surface area contributed by atoms with E-state index in [-0.39, 0.29) is 47.5 Å². The molecule has 208 valence electrons. The van der Waals surface area contributed by atoms with E-state index in [1.807, 2.05) is 34.6 Å². The van der Waals surface area contributed by atoms with Gasteiger partial charge in [-0.15, -0.1) is 0 Å². The van der Waals surface area contributed by atoms with Crippen LogP contribution in [0.4, 0.5) is 0 Å². The number of rotatable bonds is 8.